The number of rotatable bonds is 4. The van der Waals surface area contributed by atoms with E-state index in [1.807, 2.05) is 12.3 Å². The molecule has 1 N–H and O–H groups in total. The number of thiazole rings is 1. The summed E-state index contributed by atoms with van der Waals surface area (Å²) in [6.45, 7) is 5.15. The molecule has 0 aliphatic carbocycles. The van der Waals surface area contributed by atoms with Gasteiger partial charge in [0.2, 0.25) is 10.0 Å². The largest absolute Gasteiger partial charge is 0.245 e. The lowest BCUT2D eigenvalue weighted by atomic mass is 10.1. The van der Waals surface area contributed by atoms with Crippen LogP contribution in [0, 0.1) is 26.6 Å². The maximum Gasteiger partial charge on any atom is 0.241 e. The molecule has 1 aromatic heterocycles. The Hall–Kier alpha value is -1.31. The average molecular weight is 314 g/mol. The van der Waals surface area contributed by atoms with Crippen LogP contribution in [-0.4, -0.2) is 13.4 Å². The summed E-state index contributed by atoms with van der Waals surface area (Å²) in [7, 11) is -3.68. The lowest BCUT2D eigenvalue weighted by molar-refractivity contribution is 0.577. The van der Waals surface area contributed by atoms with Crippen molar-refractivity contribution in [1.82, 2.24) is 9.71 Å². The SMILES string of the molecule is Cc1nc(CNS(=O)(=O)c2c(C)cc(F)cc2C)cs1. The number of aromatic nitrogens is 1. The molecule has 0 spiro atoms. The number of nitrogens with zero attached hydrogens (tertiary/aromatic N) is 1. The molecule has 0 radical (unpaired) electrons. The van der Waals surface area contributed by atoms with Gasteiger partial charge in [0.25, 0.3) is 0 Å². The van der Waals surface area contributed by atoms with Crippen molar-refractivity contribution in [2.75, 3.05) is 0 Å². The first kappa shape index (κ1) is 15.1. The Labute approximate surface area is 121 Å². The molecule has 1 aromatic carbocycles. The van der Waals surface area contributed by atoms with Crippen LogP contribution in [0.2, 0.25) is 0 Å². The van der Waals surface area contributed by atoms with Gasteiger partial charge in [-0.2, -0.15) is 0 Å². The van der Waals surface area contributed by atoms with Gasteiger partial charge in [0.15, 0.2) is 0 Å². The van der Waals surface area contributed by atoms with E-state index >= 15 is 0 Å². The smallest absolute Gasteiger partial charge is 0.241 e. The zero-order chi connectivity index (χ0) is 14.9. The predicted molar refractivity (Wildman–Crippen MR) is 76.8 cm³/mol. The maximum absolute atomic E-state index is 13.2. The molecule has 0 atom stereocenters. The van der Waals surface area contributed by atoms with Crippen LogP contribution in [0.4, 0.5) is 4.39 Å². The number of hydrogen-bond acceptors (Lipinski definition) is 4. The fraction of sp³-hybridized carbons (Fsp3) is 0.308. The van der Waals surface area contributed by atoms with E-state index in [1.54, 1.807) is 13.8 Å². The summed E-state index contributed by atoms with van der Waals surface area (Å²) in [5, 5.41) is 2.69. The summed E-state index contributed by atoms with van der Waals surface area (Å²) in [6, 6.07) is 2.43. The highest BCUT2D eigenvalue weighted by molar-refractivity contribution is 7.89. The first-order chi connectivity index (χ1) is 9.29. The summed E-state index contributed by atoms with van der Waals surface area (Å²) < 4.78 is 40.3. The molecule has 20 heavy (non-hydrogen) atoms. The lowest BCUT2D eigenvalue weighted by Gasteiger charge is -2.11. The van der Waals surface area contributed by atoms with E-state index in [2.05, 4.69) is 9.71 Å². The average Bonchev–Trinajstić information content (AvgIpc) is 2.71. The molecule has 0 saturated carbocycles. The van der Waals surface area contributed by atoms with Crippen LogP contribution in [0.25, 0.3) is 0 Å². The topological polar surface area (TPSA) is 59.1 Å². The van der Waals surface area contributed by atoms with Crippen LogP contribution < -0.4 is 4.72 Å². The number of hydrogen-bond donors (Lipinski definition) is 1. The highest BCUT2D eigenvalue weighted by atomic mass is 32.2. The zero-order valence-electron chi connectivity index (χ0n) is 11.4. The maximum atomic E-state index is 13.2. The fourth-order valence-corrected chi connectivity index (χ4v) is 4.11. The summed E-state index contributed by atoms with van der Waals surface area (Å²) in [6.07, 6.45) is 0. The first-order valence-electron chi connectivity index (χ1n) is 5.97. The van der Waals surface area contributed by atoms with Gasteiger partial charge in [-0.15, -0.1) is 11.3 Å². The van der Waals surface area contributed by atoms with E-state index in [0.29, 0.717) is 16.8 Å². The molecule has 0 amide bonds. The highest BCUT2D eigenvalue weighted by Gasteiger charge is 2.20. The van der Waals surface area contributed by atoms with Gasteiger partial charge in [-0.05, 0) is 44.0 Å². The van der Waals surface area contributed by atoms with Crippen LogP contribution in [0.1, 0.15) is 21.8 Å². The van der Waals surface area contributed by atoms with Crippen molar-refractivity contribution in [2.45, 2.75) is 32.2 Å². The van der Waals surface area contributed by atoms with Crippen molar-refractivity contribution in [1.29, 1.82) is 0 Å². The highest BCUT2D eigenvalue weighted by Crippen LogP contribution is 2.21. The molecular weight excluding hydrogens is 299 g/mol. The van der Waals surface area contributed by atoms with Gasteiger partial charge in [0.05, 0.1) is 22.1 Å². The Balaban J connectivity index is 2.27. The van der Waals surface area contributed by atoms with Crippen molar-refractivity contribution < 1.29 is 12.8 Å². The number of halogens is 1. The molecule has 0 aliphatic rings. The number of nitrogens with one attached hydrogen (secondary N) is 1. The van der Waals surface area contributed by atoms with E-state index in [9.17, 15) is 12.8 Å². The Morgan fingerprint density at radius 2 is 1.85 bits per heavy atom. The summed E-state index contributed by atoms with van der Waals surface area (Å²) in [5.74, 6) is -0.436. The van der Waals surface area contributed by atoms with Gasteiger partial charge < -0.3 is 0 Å². The fourth-order valence-electron chi connectivity index (χ4n) is 2.05. The third-order valence-corrected chi connectivity index (χ3v) is 5.33. The second-order valence-electron chi connectivity index (χ2n) is 4.55. The molecule has 0 unspecified atom stereocenters. The number of aryl methyl sites for hydroxylation is 3. The molecule has 0 fully saturated rings. The van der Waals surface area contributed by atoms with Crippen LogP contribution in [-0.2, 0) is 16.6 Å². The van der Waals surface area contributed by atoms with Crippen molar-refractivity contribution in [3.63, 3.8) is 0 Å². The molecule has 0 aliphatic heterocycles. The molecule has 1 heterocycles. The van der Waals surface area contributed by atoms with Crippen LogP contribution in [0.15, 0.2) is 22.4 Å². The number of sulfonamides is 1. The molecule has 0 bridgehead atoms. The normalized spacial score (nSPS) is 11.8. The van der Waals surface area contributed by atoms with E-state index in [1.165, 1.54) is 23.5 Å². The molecule has 7 heteroatoms. The van der Waals surface area contributed by atoms with Gasteiger partial charge in [0.1, 0.15) is 5.82 Å². The molecule has 108 valence electrons. The minimum absolute atomic E-state index is 0.128. The Kier molecular flexibility index (Phi) is 4.22. The second-order valence-corrected chi connectivity index (χ2v) is 7.32. The third kappa shape index (κ3) is 3.23. The van der Waals surface area contributed by atoms with Crippen molar-refractivity contribution >= 4 is 21.4 Å². The van der Waals surface area contributed by atoms with Crippen LogP contribution >= 0.6 is 11.3 Å². The summed E-state index contributed by atoms with van der Waals surface area (Å²) >= 11 is 1.46. The lowest BCUT2D eigenvalue weighted by Crippen LogP contribution is -2.25. The van der Waals surface area contributed by atoms with Crippen molar-refractivity contribution in [3.05, 3.63) is 45.2 Å². The van der Waals surface area contributed by atoms with Crippen LogP contribution in [0.3, 0.4) is 0 Å². The Morgan fingerprint density at radius 1 is 1.25 bits per heavy atom. The van der Waals surface area contributed by atoms with E-state index in [4.69, 9.17) is 0 Å². The predicted octanol–water partition coefficient (Wildman–Crippen LogP) is 2.69. The molecule has 4 nitrogen and oxygen atoms in total. The van der Waals surface area contributed by atoms with E-state index in [0.717, 1.165) is 5.01 Å². The molecular formula is C13H15FN2O2S2. The van der Waals surface area contributed by atoms with Gasteiger partial charge in [-0.3, -0.25) is 0 Å². The van der Waals surface area contributed by atoms with Crippen molar-refractivity contribution in [2.24, 2.45) is 0 Å². The van der Waals surface area contributed by atoms with Gasteiger partial charge in [-0.1, -0.05) is 0 Å². The minimum Gasteiger partial charge on any atom is -0.245 e. The number of benzene rings is 1. The van der Waals surface area contributed by atoms with Gasteiger partial charge in [-0.25, -0.2) is 22.5 Å². The standard InChI is InChI=1S/C13H15FN2O2S2/c1-8-4-11(14)5-9(2)13(8)20(17,18)15-6-12-7-19-10(3)16-12/h4-5,7,15H,6H2,1-3H3. The van der Waals surface area contributed by atoms with Crippen LogP contribution in [0.5, 0.6) is 0 Å². The second kappa shape index (κ2) is 5.59. The van der Waals surface area contributed by atoms with Gasteiger partial charge in [0, 0.05) is 5.38 Å². The Bertz CT molecular complexity index is 716. The monoisotopic (exact) mass is 314 g/mol. The van der Waals surface area contributed by atoms with Crippen molar-refractivity contribution in [3.8, 4) is 0 Å². The molecule has 2 aromatic rings. The Morgan fingerprint density at radius 3 is 2.35 bits per heavy atom. The minimum atomic E-state index is -3.68. The molecule has 2 rings (SSSR count). The first-order valence-corrected chi connectivity index (χ1v) is 8.33. The summed E-state index contributed by atoms with van der Waals surface area (Å²) in [5.41, 5.74) is 1.46. The van der Waals surface area contributed by atoms with E-state index < -0.39 is 15.8 Å². The van der Waals surface area contributed by atoms with Gasteiger partial charge >= 0.3 is 0 Å². The van der Waals surface area contributed by atoms with E-state index in [-0.39, 0.29) is 11.4 Å². The summed E-state index contributed by atoms with van der Waals surface area (Å²) in [4.78, 5) is 4.33. The quantitative estimate of drug-likeness (QED) is 0.944. The molecule has 0 saturated heterocycles. The zero-order valence-corrected chi connectivity index (χ0v) is 13.0. The third-order valence-electron chi connectivity index (χ3n) is 2.80.